The minimum atomic E-state index is 0.0485. The predicted octanol–water partition coefficient (Wildman–Crippen LogP) is 2.71. The predicted molar refractivity (Wildman–Crippen MR) is 61.1 cm³/mol. The molecule has 76 valence electrons. The Labute approximate surface area is 85.8 Å². The third-order valence-electron chi connectivity index (χ3n) is 1.99. The number of hydrogen-bond donors (Lipinski definition) is 0. The quantitative estimate of drug-likeness (QED) is 0.678. The molecule has 0 aromatic heterocycles. The lowest BCUT2D eigenvalue weighted by molar-refractivity contribution is 0.270. The fraction of sp³-hybridized carbons (Fsp3) is 0.333. The van der Waals surface area contributed by atoms with E-state index >= 15 is 0 Å². The van der Waals surface area contributed by atoms with Crippen molar-refractivity contribution >= 4 is 5.69 Å². The number of rotatable bonds is 4. The van der Waals surface area contributed by atoms with E-state index in [0.29, 0.717) is 0 Å². The van der Waals surface area contributed by atoms with Gasteiger partial charge in [0.25, 0.3) is 0 Å². The van der Waals surface area contributed by atoms with E-state index in [2.05, 4.69) is 6.58 Å². The molecule has 0 saturated heterocycles. The lowest BCUT2D eigenvalue weighted by Crippen LogP contribution is -2.10. The molecule has 0 unspecified atom stereocenters. The molecule has 0 aliphatic heterocycles. The Kier molecular flexibility index (Phi) is 3.57. The maximum Gasteiger partial charge on any atom is 0.122 e. The minimum Gasteiger partial charge on any atom is -0.487 e. The molecule has 0 amide bonds. The molecule has 0 spiro atoms. The van der Waals surface area contributed by atoms with Crippen molar-refractivity contribution in [3.63, 3.8) is 0 Å². The molecule has 1 aromatic carbocycles. The number of ether oxygens (including phenoxy) is 1. The van der Waals surface area contributed by atoms with Crippen molar-refractivity contribution in [1.82, 2.24) is 0 Å². The fourth-order valence-electron chi connectivity index (χ4n) is 1.10. The van der Waals surface area contributed by atoms with Crippen LogP contribution in [0.25, 0.3) is 0 Å². The molecule has 0 saturated carbocycles. The number of benzene rings is 1. The molecule has 14 heavy (non-hydrogen) atoms. The first-order chi connectivity index (χ1) is 6.63. The molecular weight excluding hydrogens is 174 g/mol. The van der Waals surface area contributed by atoms with Gasteiger partial charge in [-0.25, -0.2) is 0 Å². The van der Waals surface area contributed by atoms with E-state index in [-0.39, 0.29) is 6.10 Å². The SMILES string of the molecule is C=C[C@H](C)Oc1cccc(N(C)C)c1. The highest BCUT2D eigenvalue weighted by Crippen LogP contribution is 2.20. The monoisotopic (exact) mass is 191 g/mol. The summed E-state index contributed by atoms with van der Waals surface area (Å²) in [4.78, 5) is 2.05. The van der Waals surface area contributed by atoms with Crippen molar-refractivity contribution in [2.45, 2.75) is 13.0 Å². The number of hydrogen-bond acceptors (Lipinski definition) is 2. The van der Waals surface area contributed by atoms with Gasteiger partial charge >= 0.3 is 0 Å². The minimum absolute atomic E-state index is 0.0485. The van der Waals surface area contributed by atoms with Crippen LogP contribution in [-0.4, -0.2) is 20.2 Å². The van der Waals surface area contributed by atoms with Crippen molar-refractivity contribution in [2.24, 2.45) is 0 Å². The zero-order valence-electron chi connectivity index (χ0n) is 9.03. The summed E-state index contributed by atoms with van der Waals surface area (Å²) in [6, 6.07) is 8.00. The molecular formula is C12H17NO. The molecule has 2 heteroatoms. The van der Waals surface area contributed by atoms with E-state index in [9.17, 15) is 0 Å². The van der Waals surface area contributed by atoms with Crippen LogP contribution in [0.2, 0.25) is 0 Å². The van der Waals surface area contributed by atoms with Crippen molar-refractivity contribution in [2.75, 3.05) is 19.0 Å². The van der Waals surface area contributed by atoms with Gasteiger partial charge in [-0.15, -0.1) is 0 Å². The van der Waals surface area contributed by atoms with Crippen molar-refractivity contribution in [3.05, 3.63) is 36.9 Å². The third kappa shape index (κ3) is 2.80. The average molecular weight is 191 g/mol. The lowest BCUT2D eigenvalue weighted by atomic mass is 10.3. The molecule has 1 atom stereocenters. The molecule has 1 rings (SSSR count). The second-order valence-corrected chi connectivity index (χ2v) is 3.45. The molecule has 2 nitrogen and oxygen atoms in total. The van der Waals surface area contributed by atoms with Gasteiger partial charge in [-0.1, -0.05) is 18.7 Å². The zero-order valence-corrected chi connectivity index (χ0v) is 9.03. The van der Waals surface area contributed by atoms with Gasteiger partial charge in [0.1, 0.15) is 11.9 Å². The van der Waals surface area contributed by atoms with Crippen LogP contribution in [0.1, 0.15) is 6.92 Å². The van der Waals surface area contributed by atoms with Crippen LogP contribution >= 0.6 is 0 Å². The molecule has 0 radical (unpaired) electrons. The molecule has 0 bridgehead atoms. The lowest BCUT2D eigenvalue weighted by Gasteiger charge is -2.15. The summed E-state index contributed by atoms with van der Waals surface area (Å²) in [6.45, 7) is 5.65. The Bertz CT molecular complexity index is 307. The van der Waals surface area contributed by atoms with Crippen LogP contribution in [0.5, 0.6) is 5.75 Å². The second-order valence-electron chi connectivity index (χ2n) is 3.45. The van der Waals surface area contributed by atoms with E-state index in [1.807, 2.05) is 50.2 Å². The molecule has 0 fully saturated rings. The third-order valence-corrected chi connectivity index (χ3v) is 1.99. The van der Waals surface area contributed by atoms with Crippen LogP contribution in [0.15, 0.2) is 36.9 Å². The fourth-order valence-corrected chi connectivity index (χ4v) is 1.10. The summed E-state index contributed by atoms with van der Waals surface area (Å²) < 4.78 is 5.61. The van der Waals surface area contributed by atoms with E-state index in [1.165, 1.54) is 0 Å². The van der Waals surface area contributed by atoms with Gasteiger partial charge < -0.3 is 9.64 Å². The van der Waals surface area contributed by atoms with Crippen LogP contribution in [0.4, 0.5) is 5.69 Å². The first-order valence-corrected chi connectivity index (χ1v) is 4.70. The summed E-state index contributed by atoms with van der Waals surface area (Å²) in [5.74, 6) is 0.878. The average Bonchev–Trinajstić information content (AvgIpc) is 2.18. The number of nitrogens with zero attached hydrogens (tertiary/aromatic N) is 1. The molecule has 0 heterocycles. The first kappa shape index (κ1) is 10.6. The summed E-state index contributed by atoms with van der Waals surface area (Å²) in [6.07, 6.45) is 1.83. The van der Waals surface area contributed by atoms with Crippen LogP contribution in [-0.2, 0) is 0 Å². The van der Waals surface area contributed by atoms with Crippen molar-refractivity contribution in [1.29, 1.82) is 0 Å². The van der Waals surface area contributed by atoms with Gasteiger partial charge in [0, 0.05) is 25.8 Å². The van der Waals surface area contributed by atoms with Crippen LogP contribution in [0.3, 0.4) is 0 Å². The van der Waals surface area contributed by atoms with Gasteiger partial charge in [-0.05, 0) is 19.1 Å². The Morgan fingerprint density at radius 2 is 2.14 bits per heavy atom. The van der Waals surface area contributed by atoms with E-state index in [0.717, 1.165) is 11.4 Å². The Morgan fingerprint density at radius 3 is 2.71 bits per heavy atom. The highest BCUT2D eigenvalue weighted by Gasteiger charge is 2.00. The summed E-state index contributed by atoms with van der Waals surface area (Å²) in [5.41, 5.74) is 1.14. The summed E-state index contributed by atoms with van der Waals surface area (Å²) >= 11 is 0. The smallest absolute Gasteiger partial charge is 0.122 e. The Balaban J connectivity index is 2.78. The zero-order chi connectivity index (χ0) is 10.6. The van der Waals surface area contributed by atoms with Gasteiger partial charge in [0.05, 0.1) is 0 Å². The topological polar surface area (TPSA) is 12.5 Å². The molecule has 0 N–H and O–H groups in total. The van der Waals surface area contributed by atoms with Gasteiger partial charge in [0.15, 0.2) is 0 Å². The maximum absolute atomic E-state index is 5.61. The molecule has 0 aliphatic carbocycles. The molecule has 1 aromatic rings. The second kappa shape index (κ2) is 4.70. The Hall–Kier alpha value is -1.44. The van der Waals surface area contributed by atoms with Crippen LogP contribution < -0.4 is 9.64 Å². The Morgan fingerprint density at radius 1 is 1.43 bits per heavy atom. The maximum atomic E-state index is 5.61. The highest BCUT2D eigenvalue weighted by atomic mass is 16.5. The van der Waals surface area contributed by atoms with Gasteiger partial charge in [0.2, 0.25) is 0 Å². The van der Waals surface area contributed by atoms with Gasteiger partial charge in [-0.3, -0.25) is 0 Å². The highest BCUT2D eigenvalue weighted by molar-refractivity contribution is 5.49. The first-order valence-electron chi connectivity index (χ1n) is 4.70. The summed E-state index contributed by atoms with van der Waals surface area (Å²) in [7, 11) is 4.02. The molecule has 0 aliphatic rings. The largest absolute Gasteiger partial charge is 0.487 e. The summed E-state index contributed by atoms with van der Waals surface area (Å²) in [5, 5.41) is 0. The van der Waals surface area contributed by atoms with E-state index in [1.54, 1.807) is 6.08 Å². The van der Waals surface area contributed by atoms with Crippen molar-refractivity contribution < 1.29 is 4.74 Å². The van der Waals surface area contributed by atoms with E-state index < -0.39 is 0 Å². The van der Waals surface area contributed by atoms with E-state index in [4.69, 9.17) is 4.74 Å². The normalized spacial score (nSPS) is 11.9. The standard InChI is InChI=1S/C12H17NO/c1-5-10(2)14-12-8-6-7-11(9-12)13(3)4/h5-10H,1H2,2-4H3/t10-/m0/s1. The number of anilines is 1. The van der Waals surface area contributed by atoms with Gasteiger partial charge in [-0.2, -0.15) is 0 Å². The van der Waals surface area contributed by atoms with Crippen LogP contribution in [0, 0.1) is 0 Å². The van der Waals surface area contributed by atoms with Crippen molar-refractivity contribution in [3.8, 4) is 5.75 Å².